The average Bonchev–Trinajstić information content (AvgIpc) is 2.89. The van der Waals surface area contributed by atoms with Crippen molar-refractivity contribution < 1.29 is 8.42 Å². The first-order valence-electron chi connectivity index (χ1n) is 5.02. The van der Waals surface area contributed by atoms with Crippen molar-refractivity contribution in [1.29, 1.82) is 0 Å². The van der Waals surface area contributed by atoms with E-state index in [1.54, 1.807) is 7.05 Å². The van der Waals surface area contributed by atoms with Crippen molar-refractivity contribution >= 4 is 26.3 Å². The predicted octanol–water partition coefficient (Wildman–Crippen LogP) is 1.90. The van der Waals surface area contributed by atoms with Gasteiger partial charge in [-0.3, -0.25) is 0 Å². The van der Waals surface area contributed by atoms with Crippen LogP contribution in [-0.2, 0) is 9.84 Å². The van der Waals surface area contributed by atoms with Crippen LogP contribution in [0.15, 0.2) is 10.4 Å². The molecule has 1 aliphatic carbocycles. The SMILES string of the molecule is CNc1ncc(S(=O)(=O)C2CCCC2)s1. The third-order valence-corrected chi connectivity index (χ3v) is 6.49. The van der Waals surface area contributed by atoms with Gasteiger partial charge in [-0.05, 0) is 12.8 Å². The fourth-order valence-electron chi connectivity index (χ4n) is 1.87. The van der Waals surface area contributed by atoms with E-state index in [4.69, 9.17) is 0 Å². The van der Waals surface area contributed by atoms with Gasteiger partial charge < -0.3 is 5.32 Å². The molecule has 2 rings (SSSR count). The Morgan fingerprint density at radius 2 is 2.13 bits per heavy atom. The number of anilines is 1. The first-order valence-corrected chi connectivity index (χ1v) is 7.38. The molecule has 0 aromatic carbocycles. The topological polar surface area (TPSA) is 59.1 Å². The lowest BCUT2D eigenvalue weighted by atomic mass is 10.4. The van der Waals surface area contributed by atoms with Crippen LogP contribution < -0.4 is 5.32 Å². The lowest BCUT2D eigenvalue weighted by Gasteiger charge is -2.07. The predicted molar refractivity (Wildman–Crippen MR) is 61.1 cm³/mol. The zero-order valence-corrected chi connectivity index (χ0v) is 10.2. The summed E-state index contributed by atoms with van der Waals surface area (Å²) in [5.74, 6) is 0. The van der Waals surface area contributed by atoms with Gasteiger partial charge in [-0.2, -0.15) is 0 Å². The highest BCUT2D eigenvalue weighted by molar-refractivity contribution is 7.94. The maximum Gasteiger partial charge on any atom is 0.192 e. The van der Waals surface area contributed by atoms with Crippen molar-refractivity contribution in [2.75, 3.05) is 12.4 Å². The van der Waals surface area contributed by atoms with Gasteiger partial charge in [0.25, 0.3) is 0 Å². The van der Waals surface area contributed by atoms with E-state index in [1.807, 2.05) is 0 Å². The molecule has 1 fully saturated rings. The maximum atomic E-state index is 12.1. The Kier molecular flexibility index (Phi) is 2.97. The highest BCUT2D eigenvalue weighted by Gasteiger charge is 2.31. The number of nitrogens with zero attached hydrogens (tertiary/aromatic N) is 1. The van der Waals surface area contributed by atoms with E-state index in [9.17, 15) is 8.42 Å². The zero-order valence-electron chi connectivity index (χ0n) is 8.56. The number of thiazole rings is 1. The molecule has 15 heavy (non-hydrogen) atoms. The minimum atomic E-state index is -3.11. The molecule has 4 nitrogen and oxygen atoms in total. The molecule has 0 aliphatic heterocycles. The molecule has 1 N–H and O–H groups in total. The summed E-state index contributed by atoms with van der Waals surface area (Å²) >= 11 is 1.22. The largest absolute Gasteiger partial charge is 0.365 e. The van der Waals surface area contributed by atoms with Crippen molar-refractivity contribution in [1.82, 2.24) is 4.98 Å². The second-order valence-corrected chi connectivity index (χ2v) is 7.17. The van der Waals surface area contributed by atoms with Crippen molar-refractivity contribution in [2.24, 2.45) is 0 Å². The molecule has 0 spiro atoms. The first-order chi connectivity index (χ1) is 7.14. The van der Waals surface area contributed by atoms with Gasteiger partial charge in [0, 0.05) is 7.05 Å². The van der Waals surface area contributed by atoms with E-state index in [2.05, 4.69) is 10.3 Å². The molecule has 0 saturated heterocycles. The zero-order chi connectivity index (χ0) is 10.9. The molecule has 6 heteroatoms. The molecule has 1 aromatic heterocycles. The standard InChI is InChI=1S/C9H14N2O2S2/c1-10-9-11-6-8(14-9)15(12,13)7-4-2-3-5-7/h6-7H,2-5H2,1H3,(H,10,11). The fourth-order valence-corrected chi connectivity index (χ4v) is 4.96. The quantitative estimate of drug-likeness (QED) is 0.885. The number of rotatable bonds is 3. The van der Waals surface area contributed by atoms with Crippen LogP contribution in [0.5, 0.6) is 0 Å². The highest BCUT2D eigenvalue weighted by atomic mass is 32.2. The number of aromatic nitrogens is 1. The van der Waals surface area contributed by atoms with Crippen molar-refractivity contribution in [2.45, 2.75) is 35.1 Å². The Morgan fingerprint density at radius 1 is 1.47 bits per heavy atom. The fraction of sp³-hybridized carbons (Fsp3) is 0.667. The van der Waals surface area contributed by atoms with Gasteiger partial charge in [0.05, 0.1) is 11.4 Å². The third-order valence-electron chi connectivity index (χ3n) is 2.72. The molecule has 0 amide bonds. The second-order valence-electron chi connectivity index (χ2n) is 3.69. The average molecular weight is 246 g/mol. The Balaban J connectivity index is 2.28. The van der Waals surface area contributed by atoms with Crippen molar-refractivity contribution in [3.63, 3.8) is 0 Å². The van der Waals surface area contributed by atoms with Crippen LogP contribution in [0.2, 0.25) is 0 Å². The van der Waals surface area contributed by atoms with Gasteiger partial charge in [0.1, 0.15) is 4.21 Å². The molecule has 0 radical (unpaired) electrons. The minimum Gasteiger partial charge on any atom is -0.365 e. The van der Waals surface area contributed by atoms with Crippen molar-refractivity contribution in [3.8, 4) is 0 Å². The molecule has 84 valence electrons. The maximum absolute atomic E-state index is 12.1. The van der Waals surface area contributed by atoms with Crippen LogP contribution in [0.4, 0.5) is 5.13 Å². The molecule has 1 aliphatic rings. The van der Waals surface area contributed by atoms with Crippen LogP contribution in [0.25, 0.3) is 0 Å². The Hall–Kier alpha value is -0.620. The van der Waals surface area contributed by atoms with Crippen LogP contribution >= 0.6 is 11.3 Å². The Bertz CT molecular complexity index is 433. The molecule has 1 aromatic rings. The minimum absolute atomic E-state index is 0.178. The summed E-state index contributed by atoms with van der Waals surface area (Å²) in [7, 11) is -1.37. The van der Waals surface area contributed by atoms with Gasteiger partial charge >= 0.3 is 0 Å². The highest BCUT2D eigenvalue weighted by Crippen LogP contribution is 2.33. The molecule has 0 atom stereocenters. The summed E-state index contributed by atoms with van der Waals surface area (Å²) in [6.45, 7) is 0. The molecule has 1 saturated carbocycles. The smallest absolute Gasteiger partial charge is 0.192 e. The number of sulfone groups is 1. The molecular formula is C9H14N2O2S2. The molecule has 0 bridgehead atoms. The van der Waals surface area contributed by atoms with E-state index in [1.165, 1.54) is 17.5 Å². The van der Waals surface area contributed by atoms with E-state index in [0.717, 1.165) is 25.7 Å². The van der Waals surface area contributed by atoms with Crippen LogP contribution in [-0.4, -0.2) is 25.7 Å². The molecular weight excluding hydrogens is 232 g/mol. The number of nitrogens with one attached hydrogen (secondary N) is 1. The summed E-state index contributed by atoms with van der Waals surface area (Å²) in [5.41, 5.74) is 0. The normalized spacial score (nSPS) is 18.2. The van der Waals surface area contributed by atoms with Gasteiger partial charge in [0.15, 0.2) is 15.0 Å². The van der Waals surface area contributed by atoms with E-state index in [-0.39, 0.29) is 5.25 Å². The van der Waals surface area contributed by atoms with Crippen LogP contribution in [0, 0.1) is 0 Å². The Morgan fingerprint density at radius 3 is 2.67 bits per heavy atom. The van der Waals surface area contributed by atoms with Gasteiger partial charge in [-0.1, -0.05) is 24.2 Å². The monoisotopic (exact) mass is 246 g/mol. The summed E-state index contributed by atoms with van der Waals surface area (Å²) < 4.78 is 24.6. The lowest BCUT2D eigenvalue weighted by molar-refractivity contribution is 0.581. The van der Waals surface area contributed by atoms with Gasteiger partial charge in [-0.25, -0.2) is 13.4 Å². The molecule has 1 heterocycles. The first kappa shape index (κ1) is 10.9. The Labute approximate surface area is 93.7 Å². The van der Waals surface area contributed by atoms with E-state index >= 15 is 0 Å². The van der Waals surface area contributed by atoms with Crippen molar-refractivity contribution in [3.05, 3.63) is 6.20 Å². The lowest BCUT2D eigenvalue weighted by Crippen LogP contribution is -2.16. The summed E-state index contributed by atoms with van der Waals surface area (Å²) in [4.78, 5) is 4.00. The van der Waals surface area contributed by atoms with Crippen LogP contribution in [0.1, 0.15) is 25.7 Å². The summed E-state index contributed by atoms with van der Waals surface area (Å²) in [6, 6.07) is 0. The van der Waals surface area contributed by atoms with E-state index < -0.39 is 9.84 Å². The molecule has 0 unspecified atom stereocenters. The third kappa shape index (κ3) is 2.01. The summed E-state index contributed by atoms with van der Waals surface area (Å²) in [5, 5.41) is 3.33. The summed E-state index contributed by atoms with van der Waals surface area (Å²) in [6.07, 6.45) is 5.12. The second kappa shape index (κ2) is 4.09. The number of hydrogen-bond donors (Lipinski definition) is 1. The van der Waals surface area contributed by atoms with Crippen LogP contribution in [0.3, 0.4) is 0 Å². The van der Waals surface area contributed by atoms with E-state index in [0.29, 0.717) is 9.34 Å². The number of hydrogen-bond acceptors (Lipinski definition) is 5. The van der Waals surface area contributed by atoms with Gasteiger partial charge in [0.2, 0.25) is 0 Å². The van der Waals surface area contributed by atoms with Gasteiger partial charge in [-0.15, -0.1) is 0 Å².